The number of benzene rings is 2. The molecule has 0 bridgehead atoms. The molecule has 7 heteroatoms. The molecule has 7 nitrogen and oxygen atoms in total. The van der Waals surface area contributed by atoms with Gasteiger partial charge in [0.05, 0.1) is 18.2 Å². The molecule has 1 amide bonds. The van der Waals surface area contributed by atoms with Gasteiger partial charge in [-0.05, 0) is 37.6 Å². The van der Waals surface area contributed by atoms with Crippen LogP contribution in [0.5, 0.6) is 11.5 Å². The molecule has 29 heavy (non-hydrogen) atoms. The molecule has 4 rings (SSSR count). The topological polar surface area (TPSA) is 77.7 Å². The molecule has 1 fully saturated rings. The molecule has 2 aromatic carbocycles. The minimum Gasteiger partial charge on any atom is -0.492 e. The van der Waals surface area contributed by atoms with Crippen LogP contribution in [0.4, 0.5) is 5.69 Å². The van der Waals surface area contributed by atoms with E-state index in [1.807, 2.05) is 62.4 Å². The number of ether oxygens (including phenoxy) is 2. The molecule has 150 valence electrons. The van der Waals surface area contributed by atoms with Crippen molar-refractivity contribution in [2.75, 3.05) is 18.1 Å². The fourth-order valence-corrected chi connectivity index (χ4v) is 3.42. The zero-order chi connectivity index (χ0) is 20.2. The van der Waals surface area contributed by atoms with Crippen molar-refractivity contribution in [3.63, 3.8) is 0 Å². The Bertz CT molecular complexity index is 1000. The first-order valence-electron chi connectivity index (χ1n) is 9.68. The Kier molecular flexibility index (Phi) is 5.46. The number of aryl methyl sites for hydroxylation is 1. The van der Waals surface area contributed by atoms with E-state index < -0.39 is 0 Å². The SMILES string of the molecule is CCOc1ccccc1N1CC(c2nc(COc3ccccc3C)no2)CC1=O. The zero-order valence-corrected chi connectivity index (χ0v) is 16.5. The molecule has 3 aromatic rings. The van der Waals surface area contributed by atoms with Crippen molar-refractivity contribution in [1.29, 1.82) is 0 Å². The van der Waals surface area contributed by atoms with E-state index in [2.05, 4.69) is 10.1 Å². The average Bonchev–Trinajstić information content (AvgIpc) is 3.35. The van der Waals surface area contributed by atoms with Crippen LogP contribution in [0.2, 0.25) is 0 Å². The van der Waals surface area contributed by atoms with Gasteiger partial charge in [-0.1, -0.05) is 35.5 Å². The molecule has 0 spiro atoms. The molecule has 1 aliphatic rings. The van der Waals surface area contributed by atoms with Crippen molar-refractivity contribution in [2.45, 2.75) is 32.8 Å². The molecule has 0 N–H and O–H groups in total. The Morgan fingerprint density at radius 2 is 1.86 bits per heavy atom. The second-order valence-electron chi connectivity index (χ2n) is 6.91. The van der Waals surface area contributed by atoms with E-state index in [0.29, 0.717) is 37.0 Å². The molecule has 1 aliphatic heterocycles. The van der Waals surface area contributed by atoms with Crippen LogP contribution in [0.25, 0.3) is 0 Å². The molecule has 2 heterocycles. The average molecular weight is 393 g/mol. The third kappa shape index (κ3) is 4.08. The van der Waals surface area contributed by atoms with Gasteiger partial charge in [0, 0.05) is 13.0 Å². The van der Waals surface area contributed by atoms with Crippen LogP contribution < -0.4 is 14.4 Å². The summed E-state index contributed by atoms with van der Waals surface area (Å²) in [5.74, 6) is 2.26. The summed E-state index contributed by atoms with van der Waals surface area (Å²) in [5.41, 5.74) is 1.81. The number of hydrogen-bond acceptors (Lipinski definition) is 6. The van der Waals surface area contributed by atoms with Gasteiger partial charge in [-0.2, -0.15) is 4.98 Å². The van der Waals surface area contributed by atoms with Gasteiger partial charge in [-0.25, -0.2) is 0 Å². The van der Waals surface area contributed by atoms with Crippen molar-refractivity contribution < 1.29 is 18.8 Å². The first-order chi connectivity index (χ1) is 14.2. The monoisotopic (exact) mass is 393 g/mol. The third-order valence-electron chi connectivity index (χ3n) is 4.86. The zero-order valence-electron chi connectivity index (χ0n) is 16.5. The van der Waals surface area contributed by atoms with E-state index in [9.17, 15) is 4.79 Å². The van der Waals surface area contributed by atoms with Crippen LogP contribution in [0.1, 0.15) is 36.5 Å². The number of anilines is 1. The number of nitrogens with zero attached hydrogens (tertiary/aromatic N) is 3. The van der Waals surface area contributed by atoms with Gasteiger partial charge in [0.25, 0.3) is 0 Å². The smallest absolute Gasteiger partial charge is 0.232 e. The van der Waals surface area contributed by atoms with Gasteiger partial charge < -0.3 is 18.9 Å². The highest BCUT2D eigenvalue weighted by Crippen LogP contribution is 2.36. The van der Waals surface area contributed by atoms with Crippen molar-refractivity contribution in [1.82, 2.24) is 10.1 Å². The highest BCUT2D eigenvalue weighted by Gasteiger charge is 2.36. The van der Waals surface area contributed by atoms with Gasteiger partial charge in [0.1, 0.15) is 11.5 Å². The van der Waals surface area contributed by atoms with Crippen LogP contribution in [0.15, 0.2) is 53.1 Å². The van der Waals surface area contributed by atoms with Gasteiger partial charge in [-0.15, -0.1) is 0 Å². The molecule has 1 aromatic heterocycles. The highest BCUT2D eigenvalue weighted by atomic mass is 16.5. The standard InChI is InChI=1S/C22H23N3O4/c1-3-27-19-11-7-5-9-17(19)25-13-16(12-21(25)26)22-23-20(24-29-22)14-28-18-10-6-4-8-15(18)2/h4-11,16H,3,12-14H2,1-2H3. The lowest BCUT2D eigenvalue weighted by atomic mass is 10.1. The third-order valence-corrected chi connectivity index (χ3v) is 4.86. The Labute approximate surface area is 169 Å². The molecule has 0 radical (unpaired) electrons. The number of carbonyl (C=O) groups is 1. The van der Waals surface area contributed by atoms with E-state index in [-0.39, 0.29) is 18.4 Å². The van der Waals surface area contributed by atoms with Crippen LogP contribution in [-0.4, -0.2) is 29.2 Å². The van der Waals surface area contributed by atoms with E-state index in [4.69, 9.17) is 14.0 Å². The van der Waals surface area contributed by atoms with Crippen molar-refractivity contribution in [3.8, 4) is 11.5 Å². The number of carbonyl (C=O) groups excluding carboxylic acids is 1. The quantitative estimate of drug-likeness (QED) is 0.606. The second-order valence-corrected chi connectivity index (χ2v) is 6.91. The summed E-state index contributed by atoms with van der Waals surface area (Å²) in [5, 5.41) is 4.01. The molecular weight excluding hydrogens is 370 g/mol. The van der Waals surface area contributed by atoms with E-state index >= 15 is 0 Å². The second kappa shape index (κ2) is 8.34. The van der Waals surface area contributed by atoms with E-state index in [0.717, 1.165) is 17.0 Å². The summed E-state index contributed by atoms with van der Waals surface area (Å²) in [6.45, 7) is 5.13. The number of aromatic nitrogens is 2. The van der Waals surface area contributed by atoms with Crippen LogP contribution in [-0.2, 0) is 11.4 Å². The Morgan fingerprint density at radius 3 is 2.66 bits per heavy atom. The number of para-hydroxylation sites is 3. The number of amides is 1. The van der Waals surface area contributed by atoms with Crippen LogP contribution >= 0.6 is 0 Å². The lowest BCUT2D eigenvalue weighted by molar-refractivity contribution is -0.117. The van der Waals surface area contributed by atoms with Gasteiger partial charge in [0.2, 0.25) is 17.6 Å². The van der Waals surface area contributed by atoms with Crippen LogP contribution in [0, 0.1) is 6.92 Å². The molecule has 0 saturated carbocycles. The maximum absolute atomic E-state index is 12.6. The largest absolute Gasteiger partial charge is 0.492 e. The normalized spacial score (nSPS) is 16.3. The summed E-state index contributed by atoms with van der Waals surface area (Å²) in [6, 6.07) is 15.3. The van der Waals surface area contributed by atoms with Crippen LogP contribution in [0.3, 0.4) is 0 Å². The molecule has 1 unspecified atom stereocenters. The van der Waals surface area contributed by atoms with Crippen molar-refractivity contribution >= 4 is 11.6 Å². The Balaban J connectivity index is 1.44. The maximum Gasteiger partial charge on any atom is 0.232 e. The Morgan fingerprint density at radius 1 is 1.10 bits per heavy atom. The maximum atomic E-state index is 12.6. The van der Waals surface area contributed by atoms with Gasteiger partial charge >= 0.3 is 0 Å². The van der Waals surface area contributed by atoms with Crippen molar-refractivity contribution in [3.05, 3.63) is 65.8 Å². The summed E-state index contributed by atoms with van der Waals surface area (Å²) in [7, 11) is 0. The minimum atomic E-state index is -0.156. The Hall–Kier alpha value is -3.35. The van der Waals surface area contributed by atoms with E-state index in [1.165, 1.54) is 0 Å². The minimum absolute atomic E-state index is 0.0121. The molecule has 1 atom stereocenters. The predicted molar refractivity (Wildman–Crippen MR) is 107 cm³/mol. The molecule has 1 saturated heterocycles. The summed E-state index contributed by atoms with van der Waals surface area (Å²) >= 11 is 0. The predicted octanol–water partition coefficient (Wildman–Crippen LogP) is 3.88. The fraction of sp³-hybridized carbons (Fsp3) is 0.318. The number of hydrogen-bond donors (Lipinski definition) is 0. The molecule has 0 aliphatic carbocycles. The number of rotatable bonds is 7. The van der Waals surface area contributed by atoms with Gasteiger partial charge in [0.15, 0.2) is 6.61 Å². The van der Waals surface area contributed by atoms with E-state index in [1.54, 1.807) is 4.90 Å². The van der Waals surface area contributed by atoms with Gasteiger partial charge in [-0.3, -0.25) is 4.79 Å². The highest BCUT2D eigenvalue weighted by molar-refractivity contribution is 5.97. The summed E-state index contributed by atoms with van der Waals surface area (Å²) in [4.78, 5) is 18.8. The lowest BCUT2D eigenvalue weighted by Gasteiger charge is -2.19. The first kappa shape index (κ1) is 19.0. The lowest BCUT2D eigenvalue weighted by Crippen LogP contribution is -2.25. The molecular formula is C22H23N3O4. The summed E-state index contributed by atoms with van der Waals surface area (Å²) in [6.07, 6.45) is 0.320. The fourth-order valence-electron chi connectivity index (χ4n) is 3.42. The first-order valence-corrected chi connectivity index (χ1v) is 9.68. The summed E-state index contributed by atoms with van der Waals surface area (Å²) < 4.78 is 16.9. The van der Waals surface area contributed by atoms with Crippen molar-refractivity contribution in [2.24, 2.45) is 0 Å².